The van der Waals surface area contributed by atoms with Crippen LogP contribution in [0, 0.1) is 25.3 Å². The van der Waals surface area contributed by atoms with Gasteiger partial charge in [-0.1, -0.05) is 76.2 Å². The molecule has 2 rings (SSSR count). The van der Waals surface area contributed by atoms with E-state index in [2.05, 4.69) is 96.0 Å². The Morgan fingerprint density at radius 1 is 1.12 bits per heavy atom. The molecule has 1 heterocycles. The minimum Gasteiger partial charge on any atom is -0.255 e. The summed E-state index contributed by atoms with van der Waals surface area (Å²) < 4.78 is 2.08. The highest BCUT2D eigenvalue weighted by molar-refractivity contribution is 6.84. The summed E-state index contributed by atoms with van der Waals surface area (Å²) in [5, 5.41) is 1.53. The Morgan fingerprint density at radius 2 is 1.75 bits per heavy atom. The third kappa shape index (κ3) is 4.30. The molecule has 0 saturated heterocycles. The number of benzene rings is 1. The van der Waals surface area contributed by atoms with Crippen molar-refractivity contribution in [3.8, 4) is 0 Å². The van der Waals surface area contributed by atoms with E-state index in [1.807, 2.05) is 0 Å². The lowest BCUT2D eigenvalue weighted by Crippen LogP contribution is -2.31. The largest absolute Gasteiger partial charge is 0.255 e. The van der Waals surface area contributed by atoms with Gasteiger partial charge >= 0.3 is 0 Å². The van der Waals surface area contributed by atoms with E-state index in [4.69, 9.17) is 0 Å². The summed E-state index contributed by atoms with van der Waals surface area (Å²) in [6.07, 6.45) is 5.79. The number of rotatable bonds is 3. The van der Waals surface area contributed by atoms with Crippen molar-refractivity contribution in [1.29, 1.82) is 0 Å². The zero-order valence-corrected chi connectivity index (χ0v) is 17.7. The van der Waals surface area contributed by atoms with Crippen molar-refractivity contribution < 1.29 is 4.58 Å². The lowest BCUT2D eigenvalue weighted by Gasteiger charge is -2.34. The second-order valence-corrected chi connectivity index (χ2v) is 14.4. The van der Waals surface area contributed by atoms with E-state index in [9.17, 15) is 0 Å². The van der Waals surface area contributed by atoms with Crippen molar-refractivity contribution in [2.75, 3.05) is 0 Å². The van der Waals surface area contributed by atoms with Gasteiger partial charge in [-0.25, -0.2) is 0 Å². The lowest BCUT2D eigenvalue weighted by molar-refractivity contribution is -0.418. The summed E-state index contributed by atoms with van der Waals surface area (Å²) in [5.41, 5.74) is 5.68. The molecule has 1 aliphatic rings. The predicted octanol–water partition coefficient (Wildman–Crippen LogP) is 6.03. The van der Waals surface area contributed by atoms with Gasteiger partial charge in [0.1, 0.15) is 12.2 Å². The highest BCUT2D eigenvalue weighted by Gasteiger charge is 2.31. The molecule has 1 nitrogen and oxygen atoms in total. The van der Waals surface area contributed by atoms with Crippen LogP contribution in [0.25, 0.3) is 0 Å². The van der Waals surface area contributed by atoms with Crippen LogP contribution >= 0.6 is 0 Å². The topological polar surface area (TPSA) is 3.01 Å². The first-order chi connectivity index (χ1) is 10.9. The molecular formula is C22H33NSi. The third-order valence-corrected chi connectivity index (χ3v) is 6.50. The number of nitrogens with zero attached hydrogens (tertiary/aromatic N) is 1. The van der Waals surface area contributed by atoms with Gasteiger partial charge in [0.05, 0.1) is 14.8 Å². The van der Waals surface area contributed by atoms with Gasteiger partial charge in [0.25, 0.3) is 0 Å². The Labute approximate surface area is 149 Å². The zero-order chi connectivity index (χ0) is 18.3. The Morgan fingerprint density at radius 3 is 2.25 bits per heavy atom. The average Bonchev–Trinajstić information content (AvgIpc) is 2.38. The fourth-order valence-corrected chi connectivity index (χ4v) is 5.03. The van der Waals surface area contributed by atoms with Gasteiger partial charge in [-0.05, 0) is 35.6 Å². The summed E-state index contributed by atoms with van der Waals surface area (Å²) in [6.45, 7) is 22.9. The quantitative estimate of drug-likeness (QED) is 0.359. The zero-order valence-electron chi connectivity index (χ0n) is 16.7. The molecule has 130 valence electrons. The number of hydrogen-bond acceptors (Lipinski definition) is 0. The minimum atomic E-state index is -1.42. The van der Waals surface area contributed by atoms with Crippen molar-refractivity contribution in [2.45, 2.75) is 60.7 Å². The van der Waals surface area contributed by atoms with E-state index in [-0.39, 0.29) is 5.41 Å². The normalized spacial score (nSPS) is 16.2. The summed E-state index contributed by atoms with van der Waals surface area (Å²) in [4.78, 5) is 0. The molecule has 0 unspecified atom stereocenters. The van der Waals surface area contributed by atoms with E-state index in [0.29, 0.717) is 0 Å². The Hall–Kier alpha value is -1.54. The van der Waals surface area contributed by atoms with E-state index in [1.54, 1.807) is 0 Å². The van der Waals surface area contributed by atoms with Gasteiger partial charge in [0.15, 0.2) is 0 Å². The molecule has 0 atom stereocenters. The maximum absolute atomic E-state index is 4.31. The molecule has 1 aromatic carbocycles. The van der Waals surface area contributed by atoms with Gasteiger partial charge in [-0.15, -0.1) is 6.07 Å². The van der Waals surface area contributed by atoms with Gasteiger partial charge in [-0.3, -0.25) is 4.58 Å². The van der Waals surface area contributed by atoms with E-state index < -0.39 is 8.07 Å². The first-order valence-corrected chi connectivity index (χ1v) is 12.4. The van der Waals surface area contributed by atoms with Gasteiger partial charge in [-0.2, -0.15) is 0 Å². The first kappa shape index (κ1) is 18.8. The van der Waals surface area contributed by atoms with E-state index >= 15 is 0 Å². The van der Waals surface area contributed by atoms with E-state index in [0.717, 1.165) is 6.42 Å². The van der Waals surface area contributed by atoms with Gasteiger partial charge < -0.3 is 0 Å². The minimum absolute atomic E-state index is 0.279. The van der Waals surface area contributed by atoms with Crippen molar-refractivity contribution in [3.05, 3.63) is 64.0 Å². The molecule has 0 aliphatic carbocycles. The summed E-state index contributed by atoms with van der Waals surface area (Å²) >= 11 is 0. The molecule has 0 saturated carbocycles. The second kappa shape index (κ2) is 6.40. The molecule has 0 fully saturated rings. The maximum atomic E-state index is 4.31. The van der Waals surface area contributed by atoms with E-state index in [1.165, 1.54) is 33.5 Å². The number of hydrogen-bond donors (Lipinski definition) is 0. The van der Waals surface area contributed by atoms with Crippen molar-refractivity contribution >= 4 is 14.8 Å². The monoisotopic (exact) mass is 339 g/mol. The summed E-state index contributed by atoms with van der Waals surface area (Å²) in [5.74, 6) is 0. The summed E-state index contributed by atoms with van der Waals surface area (Å²) in [7, 11) is -1.42. The standard InChI is InChI=1S/C22H33NSi/c1-16-10-11-19(17(2)12-16)20-13-18(14-22(3,4)5)21(15-23(20)6)24(7,8)9/h10-13,15H,6,14H2,1-5,7-9H3. The third-order valence-electron chi connectivity index (χ3n) is 4.44. The van der Waals surface area contributed by atoms with Crippen LogP contribution in [-0.2, 0) is 0 Å². The highest BCUT2D eigenvalue weighted by atomic mass is 28.3. The molecule has 0 radical (unpaired) electrons. The molecule has 0 amide bonds. The van der Waals surface area contributed by atoms with Crippen LogP contribution in [0.5, 0.6) is 0 Å². The molecule has 2 heteroatoms. The fourth-order valence-electron chi connectivity index (χ4n) is 3.36. The number of allylic oxidation sites excluding steroid dienone is 2. The summed E-state index contributed by atoms with van der Waals surface area (Å²) in [6, 6.07) is 7.90. The molecular weight excluding hydrogens is 306 g/mol. The maximum Gasteiger partial charge on any atom is 0.147 e. The van der Waals surface area contributed by atoms with Crippen molar-refractivity contribution in [3.63, 3.8) is 0 Å². The van der Waals surface area contributed by atoms with Crippen LogP contribution in [0.15, 0.2) is 41.2 Å². The smallest absolute Gasteiger partial charge is 0.147 e. The molecule has 0 N–H and O–H groups in total. The second-order valence-electron chi connectivity index (χ2n) is 9.37. The molecule has 0 bridgehead atoms. The molecule has 1 aliphatic heterocycles. The molecule has 0 aromatic heterocycles. The molecule has 0 spiro atoms. The van der Waals surface area contributed by atoms with Crippen molar-refractivity contribution in [2.24, 2.45) is 5.41 Å². The van der Waals surface area contributed by atoms with Crippen LogP contribution < -0.4 is 0 Å². The van der Waals surface area contributed by atoms with Crippen LogP contribution in [0.2, 0.25) is 19.6 Å². The van der Waals surface area contributed by atoms with Crippen LogP contribution in [0.1, 0.15) is 43.9 Å². The Kier molecular flexibility index (Phi) is 5.01. The first-order valence-electron chi connectivity index (χ1n) is 8.86. The van der Waals surface area contributed by atoms with Crippen LogP contribution in [0.4, 0.5) is 0 Å². The van der Waals surface area contributed by atoms with Crippen LogP contribution in [0.3, 0.4) is 0 Å². The number of aryl methyl sites for hydroxylation is 2. The molecule has 1 aromatic rings. The Balaban J connectivity index is 2.52. The Bertz CT molecular complexity index is 708. The fraction of sp³-hybridized carbons (Fsp3) is 0.455. The highest BCUT2D eigenvalue weighted by Crippen LogP contribution is 2.38. The predicted molar refractivity (Wildman–Crippen MR) is 109 cm³/mol. The van der Waals surface area contributed by atoms with Gasteiger partial charge in [0.2, 0.25) is 0 Å². The van der Waals surface area contributed by atoms with Gasteiger partial charge in [0, 0.05) is 0 Å². The molecule has 24 heavy (non-hydrogen) atoms. The lowest BCUT2D eigenvalue weighted by atomic mass is 9.85. The van der Waals surface area contributed by atoms with Crippen LogP contribution in [-0.4, -0.2) is 19.4 Å². The van der Waals surface area contributed by atoms with Crippen molar-refractivity contribution in [1.82, 2.24) is 0 Å². The SMILES string of the molecule is C=[N+]1C=C([Si](C)(C)C)C(CC(C)(C)C)=C[C-]1c1ccc(C)cc1C. The average molecular weight is 340 g/mol.